The van der Waals surface area contributed by atoms with Gasteiger partial charge in [0.15, 0.2) is 5.82 Å². The van der Waals surface area contributed by atoms with Crippen LogP contribution < -0.4 is 10.0 Å². The molecule has 0 atom stereocenters. The molecule has 1 amide bonds. The quantitative estimate of drug-likeness (QED) is 0.807. The van der Waals surface area contributed by atoms with Crippen molar-refractivity contribution in [2.75, 3.05) is 7.05 Å². The van der Waals surface area contributed by atoms with Crippen molar-refractivity contribution in [1.82, 2.24) is 20.2 Å². The van der Waals surface area contributed by atoms with Crippen LogP contribution in [-0.2, 0) is 20.4 Å². The highest BCUT2D eigenvalue weighted by Crippen LogP contribution is 2.37. The third kappa shape index (κ3) is 3.38. The number of sulfonamides is 1. The van der Waals surface area contributed by atoms with E-state index in [9.17, 15) is 13.2 Å². The molecule has 1 fully saturated rings. The molecule has 10 heteroatoms. The van der Waals surface area contributed by atoms with Crippen LogP contribution in [-0.4, -0.2) is 31.5 Å². The maximum Gasteiger partial charge on any atom is 0.273 e. The highest BCUT2D eigenvalue weighted by Gasteiger charge is 2.39. The monoisotopic (exact) mass is 382 g/mol. The van der Waals surface area contributed by atoms with Gasteiger partial charge in [-0.2, -0.15) is 4.98 Å². The molecule has 1 saturated carbocycles. The maximum absolute atomic E-state index is 11.9. The van der Waals surface area contributed by atoms with Gasteiger partial charge in [-0.05, 0) is 26.8 Å². The van der Waals surface area contributed by atoms with Gasteiger partial charge >= 0.3 is 0 Å². The summed E-state index contributed by atoms with van der Waals surface area (Å²) >= 11 is 0. The van der Waals surface area contributed by atoms with Gasteiger partial charge in [0.2, 0.25) is 11.0 Å². The number of hydrogen-bond acceptors (Lipinski definition) is 7. The van der Waals surface area contributed by atoms with Crippen molar-refractivity contribution in [2.45, 2.75) is 56.6 Å². The fraction of sp³-hybridized carbons (Fsp3) is 0.562. The van der Waals surface area contributed by atoms with Crippen LogP contribution in [0.2, 0.25) is 0 Å². The highest BCUT2D eigenvalue weighted by atomic mass is 32.2. The van der Waals surface area contributed by atoms with Gasteiger partial charge in [-0.15, -0.1) is 0 Å². The molecule has 2 aromatic rings. The van der Waals surface area contributed by atoms with E-state index in [1.807, 2.05) is 0 Å². The van der Waals surface area contributed by atoms with E-state index in [0.717, 1.165) is 32.1 Å². The summed E-state index contributed by atoms with van der Waals surface area (Å²) < 4.78 is 36.7. The zero-order chi connectivity index (χ0) is 18.9. The molecule has 0 spiro atoms. The largest absolute Gasteiger partial charge is 0.448 e. The third-order valence-corrected chi connectivity index (χ3v) is 5.90. The Bertz CT molecular complexity index is 909. The third-order valence-electron chi connectivity index (χ3n) is 4.64. The van der Waals surface area contributed by atoms with E-state index in [4.69, 9.17) is 8.94 Å². The van der Waals surface area contributed by atoms with Crippen LogP contribution in [0.4, 0.5) is 0 Å². The van der Waals surface area contributed by atoms with Crippen LogP contribution in [0.15, 0.2) is 20.1 Å². The second kappa shape index (κ2) is 6.84. The lowest BCUT2D eigenvalue weighted by molar-refractivity contribution is -0.121. The van der Waals surface area contributed by atoms with Crippen LogP contribution in [0.1, 0.15) is 50.6 Å². The molecule has 0 radical (unpaired) electrons. The van der Waals surface area contributed by atoms with Crippen LogP contribution in [0, 0.1) is 6.92 Å². The normalized spacial score (nSPS) is 17.2. The number of nitrogens with one attached hydrogen (secondary N) is 2. The molecule has 142 valence electrons. The van der Waals surface area contributed by atoms with Gasteiger partial charge < -0.3 is 14.3 Å². The van der Waals surface area contributed by atoms with Crippen molar-refractivity contribution >= 4 is 15.9 Å². The Labute approximate surface area is 151 Å². The number of nitrogens with zero attached hydrogens (tertiary/aromatic N) is 2. The fourth-order valence-electron chi connectivity index (χ4n) is 3.32. The molecule has 0 bridgehead atoms. The summed E-state index contributed by atoms with van der Waals surface area (Å²) in [5.74, 6) is 0.765. The Hall–Kier alpha value is -2.20. The lowest BCUT2D eigenvalue weighted by Crippen LogP contribution is -2.47. The molecule has 0 unspecified atom stereocenters. The second-order valence-corrected chi connectivity index (χ2v) is 8.31. The molecule has 2 heterocycles. The molecule has 1 aliphatic rings. The average molecular weight is 382 g/mol. The minimum absolute atomic E-state index is 0.153. The number of carbonyl (C=O) groups excluding carboxylic acids is 1. The summed E-state index contributed by atoms with van der Waals surface area (Å²) in [6, 6.07) is 1.35. The van der Waals surface area contributed by atoms with E-state index in [2.05, 4.69) is 20.2 Å². The maximum atomic E-state index is 11.9. The first-order valence-corrected chi connectivity index (χ1v) is 9.93. The van der Waals surface area contributed by atoms with E-state index in [0.29, 0.717) is 17.1 Å². The zero-order valence-corrected chi connectivity index (χ0v) is 15.8. The SMILES string of the molecule is CNS(=O)(=O)c1cc(-c2nc(C3(NC(C)=O)CCCCC3)no2)c(C)o1. The Balaban J connectivity index is 1.98. The van der Waals surface area contributed by atoms with Gasteiger partial charge in [-0.1, -0.05) is 24.4 Å². The number of amides is 1. The first-order chi connectivity index (χ1) is 12.3. The summed E-state index contributed by atoms with van der Waals surface area (Å²) in [5, 5.41) is 6.82. The molecule has 26 heavy (non-hydrogen) atoms. The van der Waals surface area contributed by atoms with Crippen molar-refractivity contribution in [3.8, 4) is 11.5 Å². The molecule has 0 aromatic carbocycles. The van der Waals surface area contributed by atoms with Crippen molar-refractivity contribution in [1.29, 1.82) is 0 Å². The first kappa shape index (κ1) is 18.6. The number of aromatic nitrogens is 2. The molecule has 2 N–H and O–H groups in total. The first-order valence-electron chi connectivity index (χ1n) is 8.45. The number of hydrogen-bond donors (Lipinski definition) is 2. The molecule has 1 aliphatic carbocycles. The molecule has 9 nitrogen and oxygen atoms in total. The average Bonchev–Trinajstić information content (AvgIpc) is 3.22. The Morgan fingerprint density at radius 3 is 2.58 bits per heavy atom. The van der Waals surface area contributed by atoms with Gasteiger partial charge in [0.1, 0.15) is 11.3 Å². The molecule has 0 aliphatic heterocycles. The summed E-state index contributed by atoms with van der Waals surface area (Å²) in [6.07, 6.45) is 4.47. The summed E-state index contributed by atoms with van der Waals surface area (Å²) in [6.45, 7) is 3.09. The minimum Gasteiger partial charge on any atom is -0.448 e. The van der Waals surface area contributed by atoms with Crippen LogP contribution >= 0.6 is 0 Å². The Morgan fingerprint density at radius 1 is 1.27 bits per heavy atom. The smallest absolute Gasteiger partial charge is 0.273 e. The summed E-state index contributed by atoms with van der Waals surface area (Å²) in [5.41, 5.74) is -0.241. The number of carbonyl (C=O) groups is 1. The number of rotatable bonds is 5. The van der Waals surface area contributed by atoms with E-state index >= 15 is 0 Å². The molecule has 0 saturated heterocycles. The van der Waals surface area contributed by atoms with Gasteiger partial charge in [0.25, 0.3) is 15.9 Å². The lowest BCUT2D eigenvalue weighted by Gasteiger charge is -2.34. The van der Waals surface area contributed by atoms with Crippen molar-refractivity contribution < 1.29 is 22.2 Å². The van der Waals surface area contributed by atoms with E-state index in [1.54, 1.807) is 6.92 Å². The predicted octanol–water partition coefficient (Wildman–Crippen LogP) is 1.84. The topological polar surface area (TPSA) is 127 Å². The minimum atomic E-state index is -3.71. The van der Waals surface area contributed by atoms with Crippen molar-refractivity contribution in [2.24, 2.45) is 0 Å². The molecule has 3 rings (SSSR count). The molecular weight excluding hydrogens is 360 g/mol. The van der Waals surface area contributed by atoms with E-state index < -0.39 is 15.6 Å². The standard InChI is InChI=1S/C16H22N4O5S/c1-10-12(9-13(24-10)26(22,23)17-3)14-18-15(20-25-14)16(19-11(2)21)7-5-4-6-8-16/h9,17H,4-8H2,1-3H3,(H,19,21). The van der Waals surface area contributed by atoms with E-state index in [1.165, 1.54) is 20.0 Å². The van der Waals surface area contributed by atoms with E-state index in [-0.39, 0.29) is 16.9 Å². The molecular formula is C16H22N4O5S. The number of furan rings is 1. The van der Waals surface area contributed by atoms with Crippen LogP contribution in [0.5, 0.6) is 0 Å². The summed E-state index contributed by atoms with van der Waals surface area (Å²) in [7, 11) is -2.41. The molecule has 2 aromatic heterocycles. The predicted molar refractivity (Wildman–Crippen MR) is 91.6 cm³/mol. The lowest BCUT2D eigenvalue weighted by atomic mass is 9.81. The Morgan fingerprint density at radius 2 is 1.96 bits per heavy atom. The van der Waals surface area contributed by atoms with Crippen molar-refractivity contribution in [3.05, 3.63) is 17.7 Å². The van der Waals surface area contributed by atoms with Gasteiger partial charge in [-0.25, -0.2) is 13.1 Å². The van der Waals surface area contributed by atoms with Gasteiger partial charge in [-0.3, -0.25) is 4.79 Å². The second-order valence-electron chi connectivity index (χ2n) is 6.49. The van der Waals surface area contributed by atoms with Crippen LogP contribution in [0.3, 0.4) is 0 Å². The van der Waals surface area contributed by atoms with Gasteiger partial charge in [0, 0.05) is 13.0 Å². The van der Waals surface area contributed by atoms with Crippen molar-refractivity contribution in [3.63, 3.8) is 0 Å². The van der Waals surface area contributed by atoms with Gasteiger partial charge in [0.05, 0.1) is 5.56 Å². The fourth-order valence-corrected chi connectivity index (χ4v) is 4.03. The Kier molecular flexibility index (Phi) is 4.89. The summed E-state index contributed by atoms with van der Waals surface area (Å²) in [4.78, 5) is 16.1. The van der Waals surface area contributed by atoms with Crippen LogP contribution in [0.25, 0.3) is 11.5 Å². The zero-order valence-electron chi connectivity index (χ0n) is 15.0. The number of aryl methyl sites for hydroxylation is 1. The highest BCUT2D eigenvalue weighted by molar-refractivity contribution is 7.89.